The molecule has 0 aromatic carbocycles. The Labute approximate surface area is 127 Å². The number of thiazole rings is 1. The first-order chi connectivity index (χ1) is 10.0. The molecule has 2 aromatic heterocycles. The van der Waals surface area contributed by atoms with Crippen molar-refractivity contribution in [2.24, 2.45) is 0 Å². The van der Waals surface area contributed by atoms with Crippen LogP contribution in [0.5, 0.6) is 0 Å². The Bertz CT molecular complexity index is 622. The lowest BCUT2D eigenvalue weighted by Crippen LogP contribution is -2.29. The second kappa shape index (κ2) is 6.77. The van der Waals surface area contributed by atoms with Gasteiger partial charge in [0.2, 0.25) is 0 Å². The number of hydrogen-bond acceptors (Lipinski definition) is 6. The monoisotopic (exact) mass is 309 g/mol. The fraction of sp³-hybridized carbons (Fsp3) is 0.538. The van der Waals surface area contributed by atoms with Crippen molar-refractivity contribution < 1.29 is 9.53 Å². The third-order valence-corrected chi connectivity index (χ3v) is 4.10. The van der Waals surface area contributed by atoms with Crippen molar-refractivity contribution in [2.75, 3.05) is 13.7 Å². The van der Waals surface area contributed by atoms with Gasteiger partial charge in [-0.3, -0.25) is 4.79 Å². The molecule has 2 heterocycles. The Morgan fingerprint density at radius 1 is 1.52 bits per heavy atom. The molecule has 2 rings (SSSR count). The van der Waals surface area contributed by atoms with Gasteiger partial charge >= 0.3 is 0 Å². The summed E-state index contributed by atoms with van der Waals surface area (Å²) in [5.74, 6) is 0.575. The van der Waals surface area contributed by atoms with Crippen LogP contribution in [-0.4, -0.2) is 39.4 Å². The number of carbonyl (C=O) groups excluding carboxylic acids is 1. The molecular formula is C13H19N5O2S. The molecule has 0 aliphatic heterocycles. The van der Waals surface area contributed by atoms with Gasteiger partial charge in [-0.1, -0.05) is 0 Å². The largest absolute Gasteiger partial charge is 0.383 e. The molecule has 0 saturated carbocycles. The Hall–Kier alpha value is -1.80. The number of carbonyl (C=O) groups is 1. The summed E-state index contributed by atoms with van der Waals surface area (Å²) in [5, 5.41) is 11.8. The molecule has 0 bridgehead atoms. The van der Waals surface area contributed by atoms with E-state index in [1.54, 1.807) is 13.4 Å². The SMILES string of the molecule is COCCn1cnnc1[C@@H](C)NC(=O)c1sc(C)nc1C. The number of aryl methyl sites for hydroxylation is 2. The van der Waals surface area contributed by atoms with Gasteiger partial charge in [0, 0.05) is 13.7 Å². The van der Waals surface area contributed by atoms with Crippen LogP contribution in [0.1, 0.15) is 39.2 Å². The summed E-state index contributed by atoms with van der Waals surface area (Å²) in [6.45, 7) is 6.83. The lowest BCUT2D eigenvalue weighted by molar-refractivity contribution is 0.0940. The van der Waals surface area contributed by atoms with E-state index in [2.05, 4.69) is 20.5 Å². The summed E-state index contributed by atoms with van der Waals surface area (Å²) in [6.07, 6.45) is 1.64. The average Bonchev–Trinajstić information content (AvgIpc) is 3.02. The van der Waals surface area contributed by atoms with Crippen molar-refractivity contribution in [1.29, 1.82) is 0 Å². The van der Waals surface area contributed by atoms with Crippen molar-refractivity contribution in [1.82, 2.24) is 25.1 Å². The summed E-state index contributed by atoms with van der Waals surface area (Å²) in [5.41, 5.74) is 0.753. The van der Waals surface area contributed by atoms with Crippen molar-refractivity contribution in [2.45, 2.75) is 33.4 Å². The number of hydrogen-bond donors (Lipinski definition) is 1. The molecule has 1 N–H and O–H groups in total. The van der Waals surface area contributed by atoms with Gasteiger partial charge in [0.05, 0.1) is 23.4 Å². The number of methoxy groups -OCH3 is 1. The van der Waals surface area contributed by atoms with E-state index in [-0.39, 0.29) is 11.9 Å². The molecule has 0 unspecified atom stereocenters. The Morgan fingerprint density at radius 2 is 2.29 bits per heavy atom. The van der Waals surface area contributed by atoms with Crippen LogP contribution in [-0.2, 0) is 11.3 Å². The van der Waals surface area contributed by atoms with Crippen LogP contribution in [0, 0.1) is 13.8 Å². The molecule has 0 fully saturated rings. The summed E-state index contributed by atoms with van der Waals surface area (Å²) >= 11 is 1.39. The molecule has 2 aromatic rings. The van der Waals surface area contributed by atoms with E-state index >= 15 is 0 Å². The molecule has 1 amide bonds. The van der Waals surface area contributed by atoms with Gasteiger partial charge in [0.15, 0.2) is 5.82 Å². The molecule has 0 aliphatic carbocycles. The number of rotatable bonds is 6. The highest BCUT2D eigenvalue weighted by Gasteiger charge is 2.19. The first kappa shape index (κ1) is 15.6. The van der Waals surface area contributed by atoms with Gasteiger partial charge in [-0.25, -0.2) is 4.98 Å². The molecular weight excluding hydrogens is 290 g/mol. The van der Waals surface area contributed by atoms with Gasteiger partial charge < -0.3 is 14.6 Å². The standard InChI is InChI=1S/C13H19N5O2S/c1-8-11(21-10(3)15-8)13(19)16-9(2)12-17-14-7-18(12)5-6-20-4/h7,9H,5-6H2,1-4H3,(H,16,19)/t9-/m1/s1. The lowest BCUT2D eigenvalue weighted by Gasteiger charge is -2.14. The zero-order valence-electron chi connectivity index (χ0n) is 12.6. The van der Waals surface area contributed by atoms with Crippen LogP contribution in [0.4, 0.5) is 0 Å². The van der Waals surface area contributed by atoms with Gasteiger partial charge in [-0.2, -0.15) is 0 Å². The molecule has 21 heavy (non-hydrogen) atoms. The molecule has 1 atom stereocenters. The normalized spacial score (nSPS) is 12.4. The minimum Gasteiger partial charge on any atom is -0.383 e. The summed E-state index contributed by atoms with van der Waals surface area (Å²) in [7, 11) is 1.64. The van der Waals surface area contributed by atoms with Crippen LogP contribution in [0.15, 0.2) is 6.33 Å². The maximum Gasteiger partial charge on any atom is 0.263 e. The fourth-order valence-corrected chi connectivity index (χ4v) is 2.85. The summed E-state index contributed by atoms with van der Waals surface area (Å²) in [4.78, 5) is 17.2. The fourth-order valence-electron chi connectivity index (χ4n) is 2.03. The van der Waals surface area contributed by atoms with Crippen LogP contribution in [0.2, 0.25) is 0 Å². The summed E-state index contributed by atoms with van der Waals surface area (Å²) in [6, 6.07) is -0.237. The molecule has 0 saturated heterocycles. The zero-order valence-corrected chi connectivity index (χ0v) is 13.4. The Morgan fingerprint density at radius 3 is 2.90 bits per heavy atom. The lowest BCUT2D eigenvalue weighted by atomic mass is 10.3. The minimum atomic E-state index is -0.237. The van der Waals surface area contributed by atoms with E-state index in [4.69, 9.17) is 4.74 Å². The first-order valence-electron chi connectivity index (χ1n) is 6.64. The summed E-state index contributed by atoms with van der Waals surface area (Å²) < 4.78 is 6.92. The minimum absolute atomic E-state index is 0.133. The Balaban J connectivity index is 2.07. The number of amides is 1. The van der Waals surface area contributed by atoms with E-state index in [0.29, 0.717) is 23.9 Å². The van der Waals surface area contributed by atoms with Crippen LogP contribution >= 0.6 is 11.3 Å². The van der Waals surface area contributed by atoms with E-state index in [1.807, 2.05) is 25.3 Å². The van der Waals surface area contributed by atoms with E-state index in [9.17, 15) is 4.79 Å². The van der Waals surface area contributed by atoms with Crippen LogP contribution in [0.3, 0.4) is 0 Å². The molecule has 0 radical (unpaired) electrons. The quantitative estimate of drug-likeness (QED) is 0.874. The van der Waals surface area contributed by atoms with Crippen LogP contribution in [0.25, 0.3) is 0 Å². The molecule has 8 heteroatoms. The molecule has 114 valence electrons. The maximum absolute atomic E-state index is 12.3. The van der Waals surface area contributed by atoms with E-state index in [0.717, 1.165) is 10.7 Å². The average molecular weight is 309 g/mol. The maximum atomic E-state index is 12.3. The number of aromatic nitrogens is 4. The topological polar surface area (TPSA) is 81.9 Å². The van der Waals surface area contributed by atoms with Crippen LogP contribution < -0.4 is 5.32 Å². The highest BCUT2D eigenvalue weighted by Crippen LogP contribution is 2.18. The number of nitrogens with one attached hydrogen (secondary N) is 1. The van der Waals surface area contributed by atoms with Crippen molar-refractivity contribution >= 4 is 17.2 Å². The second-order valence-electron chi connectivity index (χ2n) is 4.72. The zero-order chi connectivity index (χ0) is 15.4. The smallest absolute Gasteiger partial charge is 0.263 e. The first-order valence-corrected chi connectivity index (χ1v) is 7.46. The highest BCUT2D eigenvalue weighted by atomic mass is 32.1. The predicted octanol–water partition coefficient (Wildman–Crippen LogP) is 1.49. The molecule has 0 spiro atoms. The van der Waals surface area contributed by atoms with Gasteiger partial charge in [0.25, 0.3) is 5.91 Å². The third-order valence-electron chi connectivity index (χ3n) is 3.03. The Kier molecular flexibility index (Phi) is 5.03. The van der Waals surface area contributed by atoms with E-state index < -0.39 is 0 Å². The van der Waals surface area contributed by atoms with Crippen molar-refractivity contribution in [3.63, 3.8) is 0 Å². The van der Waals surface area contributed by atoms with Gasteiger partial charge in [0.1, 0.15) is 11.2 Å². The second-order valence-corrected chi connectivity index (χ2v) is 5.92. The molecule has 0 aliphatic rings. The number of ether oxygens (including phenoxy) is 1. The van der Waals surface area contributed by atoms with Gasteiger partial charge in [-0.15, -0.1) is 21.5 Å². The van der Waals surface area contributed by atoms with Crippen molar-refractivity contribution in [3.8, 4) is 0 Å². The predicted molar refractivity (Wildman–Crippen MR) is 79.4 cm³/mol. The van der Waals surface area contributed by atoms with Gasteiger partial charge in [-0.05, 0) is 20.8 Å². The van der Waals surface area contributed by atoms with Crippen molar-refractivity contribution in [3.05, 3.63) is 27.7 Å². The van der Waals surface area contributed by atoms with E-state index in [1.165, 1.54) is 11.3 Å². The highest BCUT2D eigenvalue weighted by molar-refractivity contribution is 7.13. The third kappa shape index (κ3) is 3.64. The molecule has 7 nitrogen and oxygen atoms in total. The number of nitrogens with zero attached hydrogens (tertiary/aromatic N) is 4.